The summed E-state index contributed by atoms with van der Waals surface area (Å²) in [4.78, 5) is 0. The molecule has 92 valence electrons. The van der Waals surface area contributed by atoms with Crippen LogP contribution >= 0.6 is 0 Å². The summed E-state index contributed by atoms with van der Waals surface area (Å²) in [5.74, 6) is 0. The summed E-state index contributed by atoms with van der Waals surface area (Å²) >= 11 is 0. The number of hydrogen-bond donors (Lipinski definition) is 0. The van der Waals surface area contributed by atoms with Crippen LogP contribution in [-0.2, 0) is 19.9 Å². The average molecular weight is 238 g/mol. The summed E-state index contributed by atoms with van der Waals surface area (Å²) in [6.07, 6.45) is 7.36. The molecule has 0 radical (unpaired) electrons. The quantitative estimate of drug-likeness (QED) is 0.671. The maximum absolute atomic E-state index is 2.30. The van der Waals surface area contributed by atoms with Crippen molar-refractivity contribution in [2.45, 2.75) is 32.6 Å². The Bertz CT molecular complexity index is 584. The molecule has 1 aromatic heterocycles. The molecule has 1 heterocycles. The Labute approximate surface area is 109 Å². The van der Waals surface area contributed by atoms with E-state index < -0.39 is 0 Å². The first-order chi connectivity index (χ1) is 8.77. The van der Waals surface area contributed by atoms with Crippen molar-refractivity contribution in [2.24, 2.45) is 7.05 Å². The van der Waals surface area contributed by atoms with E-state index in [2.05, 4.69) is 55.1 Å². The first-order valence-corrected chi connectivity index (χ1v) is 6.84. The summed E-state index contributed by atoms with van der Waals surface area (Å²) in [7, 11) is 2.16. The summed E-state index contributed by atoms with van der Waals surface area (Å²) < 4.78 is 2.28. The average Bonchev–Trinajstić information content (AvgIpc) is 2.40. The lowest BCUT2D eigenvalue weighted by molar-refractivity contribution is -0.660. The summed E-state index contributed by atoms with van der Waals surface area (Å²) in [6, 6.07) is 11.0. The van der Waals surface area contributed by atoms with Crippen molar-refractivity contribution in [1.82, 2.24) is 0 Å². The smallest absolute Gasteiger partial charge is 0.201 e. The number of aromatic nitrogens is 1. The Balaban J connectivity index is 2.25. The number of hydrogen-bond acceptors (Lipinski definition) is 0. The molecule has 1 nitrogen and oxygen atoms in total. The van der Waals surface area contributed by atoms with Crippen LogP contribution in [0.5, 0.6) is 0 Å². The molecule has 18 heavy (non-hydrogen) atoms. The number of pyridine rings is 1. The molecular formula is C17H20N+. The van der Waals surface area contributed by atoms with Crippen molar-refractivity contribution in [3.63, 3.8) is 0 Å². The highest BCUT2D eigenvalue weighted by atomic mass is 14.9. The van der Waals surface area contributed by atoms with Crippen LogP contribution in [-0.4, -0.2) is 0 Å². The summed E-state index contributed by atoms with van der Waals surface area (Å²) in [5.41, 5.74) is 7.30. The highest BCUT2D eigenvalue weighted by Crippen LogP contribution is 2.30. The predicted molar refractivity (Wildman–Crippen MR) is 74.4 cm³/mol. The van der Waals surface area contributed by atoms with Crippen LogP contribution in [0.4, 0.5) is 0 Å². The van der Waals surface area contributed by atoms with E-state index in [1.165, 1.54) is 42.5 Å². The third kappa shape index (κ3) is 1.84. The van der Waals surface area contributed by atoms with Gasteiger partial charge in [0, 0.05) is 17.2 Å². The van der Waals surface area contributed by atoms with Crippen LogP contribution in [0.25, 0.3) is 11.3 Å². The fourth-order valence-electron chi connectivity index (χ4n) is 3.06. The fourth-order valence-corrected chi connectivity index (χ4v) is 3.06. The maximum Gasteiger partial charge on any atom is 0.216 e. The standard InChI is InChI=1S/C17H20N/c1-13-7-3-5-9-15(13)17-16-10-6-4-8-14(16)11-12-18(17)2/h3,5,7,9,11-12H,4,6,8,10H2,1-2H3/q+1. The minimum absolute atomic E-state index is 1.23. The van der Waals surface area contributed by atoms with Crippen LogP contribution in [0.15, 0.2) is 36.5 Å². The number of rotatable bonds is 1. The number of aryl methyl sites for hydroxylation is 3. The first-order valence-electron chi connectivity index (χ1n) is 6.84. The van der Waals surface area contributed by atoms with Gasteiger partial charge in [0.1, 0.15) is 7.05 Å². The van der Waals surface area contributed by atoms with Crippen molar-refractivity contribution in [1.29, 1.82) is 0 Å². The van der Waals surface area contributed by atoms with E-state index in [0.717, 1.165) is 0 Å². The van der Waals surface area contributed by atoms with Crippen LogP contribution < -0.4 is 4.57 Å². The zero-order chi connectivity index (χ0) is 12.5. The molecule has 0 bridgehead atoms. The van der Waals surface area contributed by atoms with E-state index in [1.807, 2.05) is 0 Å². The topological polar surface area (TPSA) is 3.88 Å². The molecule has 0 spiro atoms. The lowest BCUT2D eigenvalue weighted by Gasteiger charge is -2.17. The monoisotopic (exact) mass is 238 g/mol. The van der Waals surface area contributed by atoms with Crippen LogP contribution in [0.1, 0.15) is 29.5 Å². The van der Waals surface area contributed by atoms with Gasteiger partial charge in [-0.3, -0.25) is 0 Å². The second-order valence-electron chi connectivity index (χ2n) is 5.30. The van der Waals surface area contributed by atoms with Crippen molar-refractivity contribution in [3.05, 3.63) is 53.2 Å². The third-order valence-electron chi connectivity index (χ3n) is 4.05. The molecule has 0 aliphatic heterocycles. The lowest BCUT2D eigenvalue weighted by atomic mass is 9.88. The van der Waals surface area contributed by atoms with Gasteiger partial charge in [0.05, 0.1) is 0 Å². The number of fused-ring (bicyclic) bond motifs is 1. The lowest BCUT2D eigenvalue weighted by Crippen LogP contribution is -2.33. The van der Waals surface area contributed by atoms with Crippen molar-refractivity contribution < 1.29 is 4.57 Å². The largest absolute Gasteiger partial charge is 0.216 e. The minimum Gasteiger partial charge on any atom is -0.201 e. The summed E-state index contributed by atoms with van der Waals surface area (Å²) in [5, 5.41) is 0. The van der Waals surface area contributed by atoms with Gasteiger partial charge in [0.2, 0.25) is 5.69 Å². The van der Waals surface area contributed by atoms with Gasteiger partial charge in [-0.1, -0.05) is 18.2 Å². The van der Waals surface area contributed by atoms with Gasteiger partial charge in [-0.05, 0) is 49.8 Å². The minimum atomic E-state index is 1.23. The molecule has 2 aromatic rings. The third-order valence-corrected chi connectivity index (χ3v) is 4.05. The normalized spacial score (nSPS) is 14.3. The maximum atomic E-state index is 2.30. The van der Waals surface area contributed by atoms with Crippen molar-refractivity contribution in [2.75, 3.05) is 0 Å². The number of nitrogens with zero attached hydrogens (tertiary/aromatic N) is 1. The second-order valence-corrected chi connectivity index (χ2v) is 5.30. The first kappa shape index (κ1) is 11.5. The van der Waals surface area contributed by atoms with E-state index >= 15 is 0 Å². The SMILES string of the molecule is Cc1ccccc1-c1c2c(cc[n+]1C)CCCC2. The highest BCUT2D eigenvalue weighted by molar-refractivity contribution is 5.65. The molecule has 0 unspecified atom stereocenters. The van der Waals surface area contributed by atoms with Crippen LogP contribution in [0.3, 0.4) is 0 Å². The molecule has 1 heteroatoms. The molecule has 3 rings (SSSR count). The van der Waals surface area contributed by atoms with E-state index in [0.29, 0.717) is 0 Å². The van der Waals surface area contributed by atoms with Crippen molar-refractivity contribution >= 4 is 0 Å². The van der Waals surface area contributed by atoms with E-state index in [-0.39, 0.29) is 0 Å². The van der Waals surface area contributed by atoms with Crippen molar-refractivity contribution in [3.8, 4) is 11.3 Å². The second kappa shape index (κ2) is 4.56. The van der Waals surface area contributed by atoms with Gasteiger partial charge in [-0.25, -0.2) is 4.57 Å². The van der Waals surface area contributed by atoms with Gasteiger partial charge in [-0.15, -0.1) is 0 Å². The Morgan fingerprint density at radius 2 is 1.78 bits per heavy atom. The van der Waals surface area contributed by atoms with Gasteiger partial charge in [-0.2, -0.15) is 0 Å². The Hall–Kier alpha value is -1.63. The molecular weight excluding hydrogens is 218 g/mol. The molecule has 1 aliphatic rings. The molecule has 0 N–H and O–H groups in total. The Kier molecular flexibility index (Phi) is 2.91. The van der Waals surface area contributed by atoms with E-state index in [9.17, 15) is 0 Å². The van der Waals surface area contributed by atoms with Gasteiger partial charge >= 0.3 is 0 Å². The van der Waals surface area contributed by atoms with E-state index in [1.54, 1.807) is 11.1 Å². The fraction of sp³-hybridized carbons (Fsp3) is 0.353. The Morgan fingerprint density at radius 3 is 2.61 bits per heavy atom. The van der Waals surface area contributed by atoms with Gasteiger partial charge < -0.3 is 0 Å². The molecule has 0 saturated carbocycles. The Morgan fingerprint density at radius 1 is 1.00 bits per heavy atom. The number of benzene rings is 1. The van der Waals surface area contributed by atoms with E-state index in [4.69, 9.17) is 0 Å². The molecule has 0 saturated heterocycles. The molecule has 1 aliphatic carbocycles. The molecule has 0 atom stereocenters. The summed E-state index contributed by atoms with van der Waals surface area (Å²) in [6.45, 7) is 2.21. The predicted octanol–water partition coefficient (Wildman–Crippen LogP) is 3.37. The van der Waals surface area contributed by atoms with Gasteiger partial charge in [0.25, 0.3) is 0 Å². The molecule has 0 fully saturated rings. The van der Waals surface area contributed by atoms with Crippen LogP contribution in [0.2, 0.25) is 0 Å². The van der Waals surface area contributed by atoms with Gasteiger partial charge in [0.15, 0.2) is 6.20 Å². The molecule has 0 amide bonds. The zero-order valence-electron chi connectivity index (χ0n) is 11.2. The van der Waals surface area contributed by atoms with Crippen LogP contribution in [0, 0.1) is 6.92 Å². The molecule has 1 aromatic carbocycles. The zero-order valence-corrected chi connectivity index (χ0v) is 11.2. The highest BCUT2D eigenvalue weighted by Gasteiger charge is 2.22.